The molecule has 0 aliphatic carbocycles. The van der Waals surface area contributed by atoms with Crippen LogP contribution in [0.4, 0.5) is 4.39 Å². The quantitative estimate of drug-likeness (QED) is 0.620. The van der Waals surface area contributed by atoms with E-state index in [9.17, 15) is 4.39 Å². The highest BCUT2D eigenvalue weighted by Crippen LogP contribution is 2.11. The molecule has 13 heavy (non-hydrogen) atoms. The van der Waals surface area contributed by atoms with Crippen molar-refractivity contribution in [2.75, 3.05) is 0 Å². The van der Waals surface area contributed by atoms with Crippen LogP contribution in [0.5, 0.6) is 0 Å². The molecule has 0 aromatic heterocycles. The monoisotopic (exact) mass is 176 g/mol. The summed E-state index contributed by atoms with van der Waals surface area (Å²) >= 11 is 0. The first kappa shape index (κ1) is 9.80. The smallest absolute Gasteiger partial charge is 0.139 e. The first-order chi connectivity index (χ1) is 6.27. The van der Waals surface area contributed by atoms with Crippen molar-refractivity contribution in [1.29, 1.82) is 0 Å². The summed E-state index contributed by atoms with van der Waals surface area (Å²) in [4.78, 5) is 0. The van der Waals surface area contributed by atoms with E-state index in [1.54, 1.807) is 6.07 Å². The van der Waals surface area contributed by atoms with Gasteiger partial charge in [0, 0.05) is 0 Å². The molecule has 0 atom stereocenters. The van der Waals surface area contributed by atoms with Crippen LogP contribution < -0.4 is 0 Å². The average Bonchev–Trinajstić information content (AvgIpc) is 2.15. The Bertz CT molecular complexity index is 320. The molecule has 0 amide bonds. The summed E-state index contributed by atoms with van der Waals surface area (Å²) in [5, 5.41) is 0. The van der Waals surface area contributed by atoms with Gasteiger partial charge in [-0.1, -0.05) is 25.3 Å². The zero-order chi connectivity index (χ0) is 9.68. The Morgan fingerprint density at radius 2 is 2.23 bits per heavy atom. The maximum absolute atomic E-state index is 13.1. The van der Waals surface area contributed by atoms with Gasteiger partial charge in [-0.2, -0.15) is 0 Å². The van der Waals surface area contributed by atoms with Crippen molar-refractivity contribution in [3.63, 3.8) is 0 Å². The fourth-order valence-corrected chi connectivity index (χ4v) is 1.21. The summed E-state index contributed by atoms with van der Waals surface area (Å²) < 4.78 is 13.1. The lowest BCUT2D eigenvalue weighted by atomic mass is 10.1. The average molecular weight is 176 g/mol. The van der Waals surface area contributed by atoms with Crippen molar-refractivity contribution in [3.8, 4) is 12.3 Å². The van der Waals surface area contributed by atoms with Gasteiger partial charge in [0.15, 0.2) is 0 Å². The SMILES string of the molecule is C#Cc1ccc(CCCC)cc1F. The Hall–Kier alpha value is -1.29. The van der Waals surface area contributed by atoms with Gasteiger partial charge in [0.25, 0.3) is 0 Å². The van der Waals surface area contributed by atoms with E-state index in [0.717, 1.165) is 24.8 Å². The van der Waals surface area contributed by atoms with Crippen molar-refractivity contribution in [2.24, 2.45) is 0 Å². The molecule has 1 rings (SSSR count). The van der Waals surface area contributed by atoms with Gasteiger partial charge in [-0.15, -0.1) is 6.42 Å². The van der Waals surface area contributed by atoms with Gasteiger partial charge in [-0.3, -0.25) is 0 Å². The van der Waals surface area contributed by atoms with E-state index in [1.165, 1.54) is 6.07 Å². The molecular formula is C12H13F. The molecule has 0 radical (unpaired) electrons. The van der Waals surface area contributed by atoms with E-state index in [1.807, 2.05) is 6.07 Å². The summed E-state index contributed by atoms with van der Waals surface area (Å²) in [6, 6.07) is 5.10. The zero-order valence-electron chi connectivity index (χ0n) is 7.81. The highest BCUT2D eigenvalue weighted by Gasteiger charge is 2.00. The molecule has 68 valence electrons. The van der Waals surface area contributed by atoms with Crippen molar-refractivity contribution < 1.29 is 4.39 Å². The molecule has 0 aliphatic rings. The van der Waals surface area contributed by atoms with Gasteiger partial charge in [0.1, 0.15) is 5.82 Å². The largest absolute Gasteiger partial charge is 0.206 e. The number of hydrogen-bond acceptors (Lipinski definition) is 0. The second-order valence-corrected chi connectivity index (χ2v) is 3.06. The molecule has 0 heterocycles. The van der Waals surface area contributed by atoms with Crippen LogP contribution in [0.15, 0.2) is 18.2 Å². The molecule has 0 spiro atoms. The molecule has 1 aromatic rings. The number of halogens is 1. The van der Waals surface area contributed by atoms with Crippen LogP contribution in [-0.4, -0.2) is 0 Å². The van der Waals surface area contributed by atoms with Crippen LogP contribution in [-0.2, 0) is 6.42 Å². The number of aryl methyl sites for hydroxylation is 1. The van der Waals surface area contributed by atoms with Crippen molar-refractivity contribution in [3.05, 3.63) is 35.1 Å². The minimum Gasteiger partial charge on any atom is -0.206 e. The van der Waals surface area contributed by atoms with Crippen LogP contribution in [0.25, 0.3) is 0 Å². The zero-order valence-corrected chi connectivity index (χ0v) is 7.81. The number of terminal acetylenes is 1. The van der Waals surface area contributed by atoms with Crippen LogP contribution in [0.2, 0.25) is 0 Å². The standard InChI is InChI=1S/C12H13F/c1-3-5-6-10-7-8-11(4-2)12(13)9-10/h2,7-9H,3,5-6H2,1H3. The minimum atomic E-state index is -0.281. The Kier molecular flexibility index (Phi) is 3.52. The van der Waals surface area contributed by atoms with Crippen molar-refractivity contribution >= 4 is 0 Å². The Balaban J connectivity index is 2.79. The lowest BCUT2D eigenvalue weighted by Gasteiger charge is -2.00. The molecule has 1 aromatic carbocycles. The van der Waals surface area contributed by atoms with Gasteiger partial charge in [-0.05, 0) is 30.5 Å². The Morgan fingerprint density at radius 3 is 2.77 bits per heavy atom. The molecule has 0 saturated heterocycles. The topological polar surface area (TPSA) is 0 Å². The summed E-state index contributed by atoms with van der Waals surface area (Å²) in [7, 11) is 0. The van der Waals surface area contributed by atoms with Crippen LogP contribution in [0.3, 0.4) is 0 Å². The molecule has 0 aliphatic heterocycles. The predicted molar refractivity (Wildman–Crippen MR) is 52.9 cm³/mol. The maximum Gasteiger partial charge on any atom is 0.139 e. The molecule has 0 bridgehead atoms. The summed E-state index contributed by atoms with van der Waals surface area (Å²) in [6.45, 7) is 2.12. The molecule has 0 nitrogen and oxygen atoms in total. The molecule has 0 saturated carbocycles. The third-order valence-corrected chi connectivity index (χ3v) is 2.01. The van der Waals surface area contributed by atoms with Gasteiger partial charge in [-0.25, -0.2) is 4.39 Å². The van der Waals surface area contributed by atoms with E-state index < -0.39 is 0 Å². The van der Waals surface area contributed by atoms with E-state index in [0.29, 0.717) is 5.56 Å². The van der Waals surface area contributed by atoms with E-state index >= 15 is 0 Å². The minimum absolute atomic E-state index is 0.281. The van der Waals surface area contributed by atoms with Crippen LogP contribution >= 0.6 is 0 Å². The fraction of sp³-hybridized carbons (Fsp3) is 0.333. The van der Waals surface area contributed by atoms with Gasteiger partial charge in [0.2, 0.25) is 0 Å². The van der Waals surface area contributed by atoms with Crippen LogP contribution in [0, 0.1) is 18.2 Å². The van der Waals surface area contributed by atoms with E-state index in [2.05, 4.69) is 12.8 Å². The fourth-order valence-electron chi connectivity index (χ4n) is 1.21. The molecule has 0 N–H and O–H groups in total. The Labute approximate surface area is 78.8 Å². The second kappa shape index (κ2) is 4.67. The third-order valence-electron chi connectivity index (χ3n) is 2.01. The van der Waals surface area contributed by atoms with E-state index in [4.69, 9.17) is 6.42 Å². The first-order valence-electron chi connectivity index (χ1n) is 4.53. The highest BCUT2D eigenvalue weighted by atomic mass is 19.1. The Morgan fingerprint density at radius 1 is 1.46 bits per heavy atom. The second-order valence-electron chi connectivity index (χ2n) is 3.06. The van der Waals surface area contributed by atoms with E-state index in [-0.39, 0.29) is 5.82 Å². The van der Waals surface area contributed by atoms with Crippen molar-refractivity contribution in [1.82, 2.24) is 0 Å². The number of hydrogen-bond donors (Lipinski definition) is 0. The summed E-state index contributed by atoms with van der Waals surface area (Å²) in [6.07, 6.45) is 8.26. The molecule has 1 heteroatoms. The highest BCUT2D eigenvalue weighted by molar-refractivity contribution is 5.35. The maximum atomic E-state index is 13.1. The van der Waals surface area contributed by atoms with Gasteiger partial charge < -0.3 is 0 Å². The normalized spacial score (nSPS) is 9.62. The van der Waals surface area contributed by atoms with Crippen molar-refractivity contribution in [2.45, 2.75) is 26.2 Å². The number of benzene rings is 1. The van der Waals surface area contributed by atoms with Gasteiger partial charge >= 0.3 is 0 Å². The molecular weight excluding hydrogens is 163 g/mol. The lowest BCUT2D eigenvalue weighted by Crippen LogP contribution is -1.89. The first-order valence-corrected chi connectivity index (χ1v) is 4.53. The predicted octanol–water partition coefficient (Wildman–Crippen LogP) is 3.15. The van der Waals surface area contributed by atoms with Crippen LogP contribution in [0.1, 0.15) is 30.9 Å². The number of unbranched alkanes of at least 4 members (excludes halogenated alkanes) is 1. The molecule has 0 fully saturated rings. The summed E-state index contributed by atoms with van der Waals surface area (Å²) in [5.41, 5.74) is 1.37. The summed E-state index contributed by atoms with van der Waals surface area (Å²) in [5.74, 6) is 2.02. The molecule has 0 unspecified atom stereocenters. The lowest BCUT2D eigenvalue weighted by molar-refractivity contribution is 0.621. The number of rotatable bonds is 3. The third kappa shape index (κ3) is 2.59. The van der Waals surface area contributed by atoms with Gasteiger partial charge in [0.05, 0.1) is 5.56 Å².